The van der Waals surface area contributed by atoms with Gasteiger partial charge in [-0.2, -0.15) is 5.10 Å². The second-order valence-corrected chi connectivity index (χ2v) is 5.95. The van der Waals surface area contributed by atoms with E-state index in [0.717, 1.165) is 19.3 Å². The van der Waals surface area contributed by atoms with Gasteiger partial charge < -0.3 is 10.2 Å². The molecular formula is C16H24N4O3. The number of nitrogens with one attached hydrogen (secondary N) is 1. The summed E-state index contributed by atoms with van der Waals surface area (Å²) in [6.45, 7) is 5.95. The Morgan fingerprint density at radius 1 is 1.30 bits per heavy atom. The van der Waals surface area contributed by atoms with Gasteiger partial charge in [0.15, 0.2) is 0 Å². The van der Waals surface area contributed by atoms with Crippen LogP contribution in [-0.2, 0) is 11.3 Å². The van der Waals surface area contributed by atoms with Crippen LogP contribution in [-0.4, -0.2) is 46.1 Å². The van der Waals surface area contributed by atoms with Crippen molar-refractivity contribution in [3.63, 3.8) is 0 Å². The molecular weight excluding hydrogens is 296 g/mol. The van der Waals surface area contributed by atoms with E-state index in [1.807, 2.05) is 6.92 Å². The van der Waals surface area contributed by atoms with Crippen LogP contribution in [0.1, 0.15) is 43.6 Å². The van der Waals surface area contributed by atoms with Crippen molar-refractivity contribution >= 4 is 11.8 Å². The summed E-state index contributed by atoms with van der Waals surface area (Å²) in [7, 11) is 0. The summed E-state index contributed by atoms with van der Waals surface area (Å²) in [5.41, 5.74) is 0.135. The van der Waals surface area contributed by atoms with Crippen LogP contribution in [0.15, 0.2) is 16.9 Å². The van der Waals surface area contributed by atoms with Crippen molar-refractivity contribution in [2.75, 3.05) is 19.6 Å². The number of carbonyl (C=O) groups is 2. The Balaban J connectivity index is 1.96. The summed E-state index contributed by atoms with van der Waals surface area (Å²) in [6, 6.07) is 2.90. The first-order chi connectivity index (χ1) is 11.0. The fourth-order valence-corrected chi connectivity index (χ4v) is 2.73. The minimum Gasteiger partial charge on any atom is -0.356 e. The molecule has 7 nitrogen and oxygen atoms in total. The molecule has 126 valence electrons. The van der Waals surface area contributed by atoms with E-state index in [0.29, 0.717) is 37.8 Å². The van der Waals surface area contributed by atoms with Crippen LogP contribution in [0.2, 0.25) is 0 Å². The van der Waals surface area contributed by atoms with E-state index < -0.39 is 0 Å². The highest BCUT2D eigenvalue weighted by atomic mass is 16.2. The number of likely N-dealkylation sites (tertiary alicyclic amines) is 1. The van der Waals surface area contributed by atoms with Crippen molar-refractivity contribution in [1.29, 1.82) is 0 Å². The lowest BCUT2D eigenvalue weighted by Crippen LogP contribution is -2.42. The van der Waals surface area contributed by atoms with Crippen LogP contribution in [0.4, 0.5) is 0 Å². The van der Waals surface area contributed by atoms with Gasteiger partial charge in [0.25, 0.3) is 11.5 Å². The first-order valence-corrected chi connectivity index (χ1v) is 8.13. The largest absolute Gasteiger partial charge is 0.356 e. The number of amides is 2. The summed E-state index contributed by atoms with van der Waals surface area (Å²) in [5.74, 6) is 0.253. The van der Waals surface area contributed by atoms with Crippen molar-refractivity contribution in [2.45, 2.75) is 39.7 Å². The molecule has 0 radical (unpaired) electrons. The molecule has 1 aromatic rings. The first kappa shape index (κ1) is 17.2. The molecule has 0 unspecified atom stereocenters. The molecule has 1 N–H and O–H groups in total. The number of aromatic nitrogens is 2. The van der Waals surface area contributed by atoms with Crippen molar-refractivity contribution < 1.29 is 9.59 Å². The third kappa shape index (κ3) is 4.64. The topological polar surface area (TPSA) is 84.3 Å². The smallest absolute Gasteiger partial charge is 0.274 e. The summed E-state index contributed by atoms with van der Waals surface area (Å²) >= 11 is 0. The highest BCUT2D eigenvalue weighted by Crippen LogP contribution is 2.17. The zero-order chi connectivity index (χ0) is 16.8. The van der Waals surface area contributed by atoms with Crippen LogP contribution in [0.25, 0.3) is 0 Å². The summed E-state index contributed by atoms with van der Waals surface area (Å²) in [5, 5.41) is 7.00. The van der Waals surface area contributed by atoms with Gasteiger partial charge in [-0.3, -0.25) is 14.4 Å². The summed E-state index contributed by atoms with van der Waals surface area (Å²) < 4.78 is 1.34. The van der Waals surface area contributed by atoms with Gasteiger partial charge in [-0.05, 0) is 31.2 Å². The molecule has 2 rings (SSSR count). The predicted octanol–water partition coefficient (Wildman–Crippen LogP) is 0.642. The maximum atomic E-state index is 12.5. The molecule has 1 aliphatic rings. The quantitative estimate of drug-likeness (QED) is 0.863. The fraction of sp³-hybridized carbons (Fsp3) is 0.625. The molecule has 2 amide bonds. The zero-order valence-corrected chi connectivity index (χ0v) is 13.7. The second kappa shape index (κ2) is 7.89. The van der Waals surface area contributed by atoms with Gasteiger partial charge in [0.1, 0.15) is 5.69 Å². The van der Waals surface area contributed by atoms with E-state index >= 15 is 0 Å². The highest BCUT2D eigenvalue weighted by Gasteiger charge is 2.24. The number of piperidine rings is 1. The molecule has 2 heterocycles. The Hall–Kier alpha value is -2.18. The standard InChI is InChI=1S/C16H24N4O3/c1-3-8-20-15(22)5-4-14(18-20)16(23)19-9-6-13(7-10-19)11-17-12(2)21/h4-5,13H,3,6-11H2,1-2H3,(H,17,21). The molecule has 1 aliphatic heterocycles. The predicted molar refractivity (Wildman–Crippen MR) is 86.1 cm³/mol. The van der Waals surface area contributed by atoms with Gasteiger partial charge in [-0.25, -0.2) is 4.68 Å². The number of aryl methyl sites for hydroxylation is 1. The lowest BCUT2D eigenvalue weighted by atomic mass is 9.96. The van der Waals surface area contributed by atoms with Gasteiger partial charge in [0, 0.05) is 39.2 Å². The maximum absolute atomic E-state index is 12.5. The van der Waals surface area contributed by atoms with E-state index in [2.05, 4.69) is 10.4 Å². The third-order valence-electron chi connectivity index (χ3n) is 4.06. The summed E-state index contributed by atoms with van der Waals surface area (Å²) in [6.07, 6.45) is 2.51. The Morgan fingerprint density at radius 3 is 2.61 bits per heavy atom. The van der Waals surface area contributed by atoms with Crippen LogP contribution in [0.5, 0.6) is 0 Å². The van der Waals surface area contributed by atoms with Gasteiger partial charge in [0.2, 0.25) is 5.91 Å². The number of nitrogens with zero attached hydrogens (tertiary/aromatic N) is 3. The van der Waals surface area contributed by atoms with Gasteiger partial charge in [0.05, 0.1) is 0 Å². The molecule has 0 saturated carbocycles. The molecule has 0 atom stereocenters. The molecule has 0 bridgehead atoms. The zero-order valence-electron chi connectivity index (χ0n) is 13.7. The molecule has 23 heavy (non-hydrogen) atoms. The van der Waals surface area contributed by atoms with Gasteiger partial charge in [-0.15, -0.1) is 0 Å². The normalized spacial score (nSPS) is 15.5. The van der Waals surface area contributed by atoms with Crippen molar-refractivity contribution in [3.8, 4) is 0 Å². The van der Waals surface area contributed by atoms with E-state index in [1.54, 1.807) is 4.90 Å². The average molecular weight is 320 g/mol. The van der Waals surface area contributed by atoms with E-state index in [9.17, 15) is 14.4 Å². The molecule has 7 heteroatoms. The summed E-state index contributed by atoms with van der Waals surface area (Å²) in [4.78, 5) is 36.9. The first-order valence-electron chi connectivity index (χ1n) is 8.13. The van der Waals surface area contributed by atoms with Gasteiger partial charge in [-0.1, -0.05) is 6.92 Å². The van der Waals surface area contributed by atoms with E-state index in [1.165, 1.54) is 23.7 Å². The van der Waals surface area contributed by atoms with Crippen LogP contribution in [0, 0.1) is 5.92 Å². The third-order valence-corrected chi connectivity index (χ3v) is 4.06. The maximum Gasteiger partial charge on any atom is 0.274 e. The number of carbonyl (C=O) groups excluding carboxylic acids is 2. The lowest BCUT2D eigenvalue weighted by molar-refractivity contribution is -0.119. The molecule has 1 saturated heterocycles. The Kier molecular flexibility index (Phi) is 5.90. The minimum absolute atomic E-state index is 0.0223. The average Bonchev–Trinajstić information content (AvgIpc) is 2.55. The number of hydrogen-bond donors (Lipinski definition) is 1. The van der Waals surface area contributed by atoms with Gasteiger partial charge >= 0.3 is 0 Å². The number of hydrogen-bond acceptors (Lipinski definition) is 4. The highest BCUT2D eigenvalue weighted by molar-refractivity contribution is 5.92. The Morgan fingerprint density at radius 2 is 2.00 bits per heavy atom. The molecule has 0 aliphatic carbocycles. The van der Waals surface area contributed by atoms with Crippen LogP contribution < -0.4 is 10.9 Å². The molecule has 0 spiro atoms. The lowest BCUT2D eigenvalue weighted by Gasteiger charge is -2.31. The number of rotatable bonds is 5. The molecule has 0 aromatic carbocycles. The Labute approximate surface area is 135 Å². The van der Waals surface area contributed by atoms with Crippen molar-refractivity contribution in [1.82, 2.24) is 20.0 Å². The Bertz CT molecular complexity index is 618. The molecule has 1 aromatic heterocycles. The van der Waals surface area contributed by atoms with Crippen molar-refractivity contribution in [2.24, 2.45) is 5.92 Å². The fourth-order valence-electron chi connectivity index (χ4n) is 2.73. The van der Waals surface area contributed by atoms with E-state index in [4.69, 9.17) is 0 Å². The second-order valence-electron chi connectivity index (χ2n) is 5.95. The van der Waals surface area contributed by atoms with Crippen LogP contribution in [0.3, 0.4) is 0 Å². The van der Waals surface area contributed by atoms with Crippen LogP contribution >= 0.6 is 0 Å². The monoisotopic (exact) mass is 320 g/mol. The van der Waals surface area contributed by atoms with E-state index in [-0.39, 0.29) is 17.4 Å². The molecule has 1 fully saturated rings. The van der Waals surface area contributed by atoms with Crippen molar-refractivity contribution in [3.05, 3.63) is 28.2 Å². The minimum atomic E-state index is -0.183. The SMILES string of the molecule is CCCn1nc(C(=O)N2CCC(CNC(C)=O)CC2)ccc1=O.